The summed E-state index contributed by atoms with van der Waals surface area (Å²) in [5.41, 5.74) is 5.59. The summed E-state index contributed by atoms with van der Waals surface area (Å²) in [5, 5.41) is 13.4. The fourth-order valence-electron chi connectivity index (χ4n) is 3.29. The molecule has 0 spiro atoms. The molecule has 1 aromatic heterocycles. The van der Waals surface area contributed by atoms with Gasteiger partial charge >= 0.3 is 0 Å². The average Bonchev–Trinajstić information content (AvgIpc) is 3.25. The normalized spacial score (nSPS) is 11.6. The van der Waals surface area contributed by atoms with Crippen molar-refractivity contribution >= 4 is 23.9 Å². The maximum Gasteiger partial charge on any atom is 0.250 e. The molecule has 0 aliphatic rings. The van der Waals surface area contributed by atoms with Crippen LogP contribution in [0, 0.1) is 0 Å². The van der Waals surface area contributed by atoms with Crippen LogP contribution in [0.3, 0.4) is 0 Å². The van der Waals surface area contributed by atoms with E-state index in [0.29, 0.717) is 28.8 Å². The molecule has 0 unspecified atom stereocenters. The van der Waals surface area contributed by atoms with Gasteiger partial charge in [-0.3, -0.25) is 4.79 Å². The molecule has 0 aliphatic carbocycles. The van der Waals surface area contributed by atoms with Crippen molar-refractivity contribution in [3.8, 4) is 22.9 Å². The highest BCUT2D eigenvalue weighted by Gasteiger charge is 2.17. The number of rotatable bonds is 9. The molecule has 1 heterocycles. The highest BCUT2D eigenvalue weighted by molar-refractivity contribution is 7.99. The van der Waals surface area contributed by atoms with E-state index in [0.717, 1.165) is 11.4 Å². The van der Waals surface area contributed by atoms with Crippen LogP contribution in [-0.4, -0.2) is 46.9 Å². The number of aromatic nitrogens is 3. The van der Waals surface area contributed by atoms with Crippen LogP contribution < -0.4 is 14.9 Å². The molecule has 2 aromatic carbocycles. The Morgan fingerprint density at radius 2 is 1.85 bits per heavy atom. The second-order valence-electron chi connectivity index (χ2n) is 8.57. The summed E-state index contributed by atoms with van der Waals surface area (Å²) in [6.45, 7) is 9.29. The molecule has 3 rings (SSSR count). The Balaban J connectivity index is 1.63. The summed E-state index contributed by atoms with van der Waals surface area (Å²) in [6.07, 6.45) is 1.53. The van der Waals surface area contributed by atoms with Crippen molar-refractivity contribution in [1.29, 1.82) is 0 Å². The zero-order chi connectivity index (χ0) is 24.7. The summed E-state index contributed by atoms with van der Waals surface area (Å²) in [7, 11) is 3.16. The van der Waals surface area contributed by atoms with Crippen LogP contribution in [0.2, 0.25) is 0 Å². The van der Waals surface area contributed by atoms with Gasteiger partial charge in [0, 0.05) is 17.7 Å². The van der Waals surface area contributed by atoms with Gasteiger partial charge in [-0.25, -0.2) is 5.43 Å². The van der Waals surface area contributed by atoms with Gasteiger partial charge in [0.05, 0.1) is 26.2 Å². The van der Waals surface area contributed by atoms with Crippen LogP contribution in [0.4, 0.5) is 0 Å². The van der Waals surface area contributed by atoms with E-state index >= 15 is 0 Å². The van der Waals surface area contributed by atoms with E-state index in [2.05, 4.69) is 65.8 Å². The Morgan fingerprint density at radius 1 is 1.12 bits per heavy atom. The zero-order valence-electron chi connectivity index (χ0n) is 20.5. The number of hydrogen-bond acceptors (Lipinski definition) is 7. The summed E-state index contributed by atoms with van der Waals surface area (Å²) in [4.78, 5) is 12.3. The summed E-state index contributed by atoms with van der Waals surface area (Å²) >= 11 is 1.32. The minimum absolute atomic E-state index is 0.0888. The van der Waals surface area contributed by atoms with Gasteiger partial charge in [0.25, 0.3) is 5.91 Å². The maximum absolute atomic E-state index is 12.3. The lowest BCUT2D eigenvalue weighted by molar-refractivity contribution is -0.118. The smallest absolute Gasteiger partial charge is 0.250 e. The third kappa shape index (κ3) is 6.17. The number of hydrogen-bond donors (Lipinski definition) is 1. The van der Waals surface area contributed by atoms with Crippen molar-refractivity contribution in [2.75, 3.05) is 20.0 Å². The van der Waals surface area contributed by atoms with Gasteiger partial charge in [-0.1, -0.05) is 56.8 Å². The van der Waals surface area contributed by atoms with Crippen molar-refractivity contribution in [2.24, 2.45) is 5.10 Å². The van der Waals surface area contributed by atoms with Crippen LogP contribution in [-0.2, 0) is 16.8 Å². The topological polar surface area (TPSA) is 90.6 Å². The molecule has 3 aromatic rings. The summed E-state index contributed by atoms with van der Waals surface area (Å²) in [5.74, 6) is 2.01. The van der Waals surface area contributed by atoms with E-state index in [9.17, 15) is 4.79 Å². The van der Waals surface area contributed by atoms with Gasteiger partial charge in [0.1, 0.15) is 11.5 Å². The number of ether oxygens (including phenoxy) is 2. The number of amides is 1. The Bertz CT molecular complexity index is 1150. The SMILES string of the molecule is CCn1c(SCC(=O)N/N=C\c2cc(OC)ccc2OC)nnc1-c1ccc(C(C)(C)C)cc1. The van der Waals surface area contributed by atoms with Crippen molar-refractivity contribution in [2.45, 2.75) is 44.8 Å². The quantitative estimate of drug-likeness (QED) is 0.274. The monoisotopic (exact) mass is 481 g/mol. The van der Waals surface area contributed by atoms with Crippen molar-refractivity contribution < 1.29 is 14.3 Å². The predicted molar refractivity (Wildman–Crippen MR) is 136 cm³/mol. The van der Waals surface area contributed by atoms with E-state index in [1.54, 1.807) is 32.4 Å². The number of benzene rings is 2. The van der Waals surface area contributed by atoms with Gasteiger partial charge in [0.2, 0.25) is 0 Å². The van der Waals surface area contributed by atoms with Crippen molar-refractivity contribution in [3.05, 3.63) is 53.6 Å². The number of carbonyl (C=O) groups excluding carboxylic acids is 1. The van der Waals surface area contributed by atoms with Crippen molar-refractivity contribution in [1.82, 2.24) is 20.2 Å². The molecule has 8 nitrogen and oxygen atoms in total. The molecule has 0 radical (unpaired) electrons. The third-order valence-corrected chi connectivity index (χ3v) is 6.17. The third-order valence-electron chi connectivity index (χ3n) is 5.20. The minimum Gasteiger partial charge on any atom is -0.497 e. The second-order valence-corrected chi connectivity index (χ2v) is 9.51. The van der Waals surface area contributed by atoms with E-state index < -0.39 is 0 Å². The zero-order valence-corrected chi connectivity index (χ0v) is 21.3. The number of nitrogens with zero attached hydrogens (tertiary/aromatic N) is 4. The molecular weight excluding hydrogens is 450 g/mol. The molecule has 180 valence electrons. The van der Waals surface area contributed by atoms with E-state index in [1.807, 2.05) is 11.5 Å². The largest absolute Gasteiger partial charge is 0.497 e. The van der Waals surface area contributed by atoms with E-state index in [-0.39, 0.29) is 17.1 Å². The Morgan fingerprint density at radius 3 is 2.47 bits per heavy atom. The summed E-state index contributed by atoms with van der Waals surface area (Å²) < 4.78 is 12.5. The maximum atomic E-state index is 12.3. The standard InChI is InChI=1S/C25H31N5O3S/c1-7-30-23(17-8-10-19(11-9-17)25(2,3)4)28-29-24(30)34-16-22(31)27-26-15-18-14-20(32-5)12-13-21(18)33-6/h8-15H,7,16H2,1-6H3,(H,27,31)/b26-15-. The Kier molecular flexibility index (Phi) is 8.33. The van der Waals surface area contributed by atoms with Crippen LogP contribution in [0.25, 0.3) is 11.4 Å². The first kappa shape index (κ1) is 25.3. The number of nitrogens with one attached hydrogen (secondary N) is 1. The lowest BCUT2D eigenvalue weighted by Gasteiger charge is -2.19. The average molecular weight is 482 g/mol. The van der Waals surface area contributed by atoms with Crippen LogP contribution >= 0.6 is 11.8 Å². The Hall–Kier alpha value is -3.33. The molecular formula is C25H31N5O3S. The number of thioether (sulfide) groups is 1. The Labute approximate surface area is 204 Å². The predicted octanol–water partition coefficient (Wildman–Crippen LogP) is 4.52. The molecule has 0 aliphatic heterocycles. The number of carbonyl (C=O) groups is 1. The van der Waals surface area contributed by atoms with Crippen molar-refractivity contribution in [3.63, 3.8) is 0 Å². The molecule has 0 bridgehead atoms. The van der Waals surface area contributed by atoms with E-state index in [1.165, 1.54) is 23.5 Å². The molecule has 0 atom stereocenters. The first-order valence-corrected chi connectivity index (χ1v) is 12.0. The second kappa shape index (κ2) is 11.2. The van der Waals surface area contributed by atoms with Crippen LogP contribution in [0.1, 0.15) is 38.8 Å². The molecule has 0 fully saturated rings. The van der Waals surface area contributed by atoms with Crippen LogP contribution in [0.5, 0.6) is 11.5 Å². The van der Waals surface area contributed by atoms with Gasteiger partial charge < -0.3 is 14.0 Å². The minimum atomic E-state index is -0.246. The highest BCUT2D eigenvalue weighted by atomic mass is 32.2. The van der Waals surface area contributed by atoms with Gasteiger partial charge in [0.15, 0.2) is 11.0 Å². The van der Waals surface area contributed by atoms with Gasteiger partial charge in [-0.2, -0.15) is 5.10 Å². The van der Waals surface area contributed by atoms with Gasteiger partial charge in [-0.05, 0) is 36.1 Å². The fraction of sp³-hybridized carbons (Fsp3) is 0.360. The molecule has 1 N–H and O–H groups in total. The van der Waals surface area contributed by atoms with Crippen LogP contribution in [0.15, 0.2) is 52.7 Å². The fourth-order valence-corrected chi connectivity index (χ4v) is 4.08. The highest BCUT2D eigenvalue weighted by Crippen LogP contribution is 2.27. The molecule has 9 heteroatoms. The summed E-state index contributed by atoms with van der Waals surface area (Å²) in [6, 6.07) is 13.7. The molecule has 0 saturated carbocycles. The molecule has 34 heavy (non-hydrogen) atoms. The first-order valence-electron chi connectivity index (χ1n) is 11.0. The van der Waals surface area contributed by atoms with E-state index in [4.69, 9.17) is 9.47 Å². The van der Waals surface area contributed by atoms with Gasteiger partial charge in [-0.15, -0.1) is 10.2 Å². The lowest BCUT2D eigenvalue weighted by Crippen LogP contribution is -2.20. The lowest BCUT2D eigenvalue weighted by atomic mass is 9.87. The molecule has 1 amide bonds. The number of methoxy groups -OCH3 is 2. The number of hydrazone groups is 1. The first-order chi connectivity index (χ1) is 16.3. The molecule has 0 saturated heterocycles.